The Morgan fingerprint density at radius 3 is 2.68 bits per heavy atom. The lowest BCUT2D eigenvalue weighted by Gasteiger charge is -2.63. The summed E-state index contributed by atoms with van der Waals surface area (Å²) in [6.45, 7) is 4.38. The third-order valence-corrected chi connectivity index (χ3v) is 8.31. The van der Waals surface area contributed by atoms with Gasteiger partial charge in [0.15, 0.2) is 0 Å². The van der Waals surface area contributed by atoms with Crippen LogP contribution in [0.1, 0.15) is 73.0 Å². The molecule has 3 nitrogen and oxygen atoms in total. The first-order chi connectivity index (χ1) is 10.7. The summed E-state index contributed by atoms with van der Waals surface area (Å²) in [5.74, 6) is 1.41. The van der Waals surface area contributed by atoms with Crippen LogP contribution in [-0.4, -0.2) is 27.7 Å². The Balaban J connectivity index is 1.72. The standard InChI is InChI=1S/C19H30O3/c1-17-8-7-15-13(14(17)3-4-16(17)21)6-10-19(22)11-12(20)5-9-18(15,19)2/h13-16,21-22H,3-11H2,1-2H3/t13?,14?,15?,16-,17-,18+,19+/m0/s1/i10T/t10-,13?,14?,15?,16+,17+,18-,19-/m1. The van der Waals surface area contributed by atoms with Gasteiger partial charge in [-0.2, -0.15) is 0 Å². The molecule has 0 bridgehead atoms. The van der Waals surface area contributed by atoms with Gasteiger partial charge in [-0.05, 0) is 68.1 Å². The average molecular weight is 308 g/mol. The molecule has 0 aromatic heterocycles. The molecule has 4 rings (SSSR count). The van der Waals surface area contributed by atoms with Crippen molar-refractivity contribution in [1.29, 1.82) is 0 Å². The van der Waals surface area contributed by atoms with Crippen molar-refractivity contribution in [3.05, 3.63) is 0 Å². The summed E-state index contributed by atoms with van der Waals surface area (Å²) in [6, 6.07) is 0. The highest BCUT2D eigenvalue weighted by Crippen LogP contribution is 2.66. The number of hydrogen-bond acceptors (Lipinski definition) is 3. The molecule has 0 aromatic rings. The Labute approximate surface area is 134 Å². The van der Waals surface area contributed by atoms with Crippen molar-refractivity contribution in [2.45, 2.75) is 83.3 Å². The zero-order chi connectivity index (χ0) is 16.6. The first-order valence-corrected chi connectivity index (χ1v) is 9.07. The molecule has 0 saturated heterocycles. The number of ketones is 1. The van der Waals surface area contributed by atoms with Crippen LogP contribution in [0.4, 0.5) is 0 Å². The van der Waals surface area contributed by atoms with Crippen molar-refractivity contribution in [2.75, 3.05) is 0 Å². The smallest absolute Gasteiger partial charge is 0.135 e. The molecule has 0 spiro atoms. The number of aliphatic hydroxyl groups is 2. The van der Waals surface area contributed by atoms with Gasteiger partial charge in [-0.3, -0.25) is 4.79 Å². The predicted octanol–water partition coefficient (Wildman–Crippen LogP) is 3.07. The summed E-state index contributed by atoms with van der Waals surface area (Å²) in [5, 5.41) is 21.8. The number of fused-ring (bicyclic) bond motifs is 5. The summed E-state index contributed by atoms with van der Waals surface area (Å²) in [4.78, 5) is 12.0. The number of aliphatic hydroxyl groups excluding tert-OH is 1. The minimum Gasteiger partial charge on any atom is -0.393 e. The van der Waals surface area contributed by atoms with Crippen LogP contribution in [0.2, 0.25) is 0 Å². The molecule has 4 aliphatic carbocycles. The first kappa shape index (κ1) is 14.0. The molecule has 0 radical (unpaired) electrons. The van der Waals surface area contributed by atoms with Gasteiger partial charge in [0, 0.05) is 19.6 Å². The van der Waals surface area contributed by atoms with Gasteiger partial charge in [-0.15, -0.1) is 0 Å². The van der Waals surface area contributed by atoms with Gasteiger partial charge in [-0.1, -0.05) is 13.8 Å². The van der Waals surface area contributed by atoms with Gasteiger partial charge in [0.05, 0.1) is 11.7 Å². The number of carbonyl (C=O) groups excluding carboxylic acids is 1. The Morgan fingerprint density at radius 2 is 1.91 bits per heavy atom. The largest absolute Gasteiger partial charge is 0.393 e. The predicted molar refractivity (Wildman–Crippen MR) is 84.2 cm³/mol. The molecular formula is C19H30O3. The van der Waals surface area contributed by atoms with E-state index in [0.29, 0.717) is 30.6 Å². The minimum atomic E-state index is -1.14. The summed E-state index contributed by atoms with van der Waals surface area (Å²) < 4.78 is 8.63. The maximum Gasteiger partial charge on any atom is 0.135 e. The van der Waals surface area contributed by atoms with Crippen molar-refractivity contribution < 1.29 is 16.4 Å². The molecule has 3 heteroatoms. The van der Waals surface area contributed by atoms with Crippen LogP contribution in [0.5, 0.6) is 0 Å². The molecule has 0 heterocycles. The molecule has 8 atom stereocenters. The van der Waals surface area contributed by atoms with Gasteiger partial charge in [0.1, 0.15) is 5.78 Å². The SMILES string of the molecule is [3H][C@@H]1CC2C3CC[C@H](O)[C@@]3(C)CCC2[C@@]2(C)CCC(=O)C[C@]12O. The first-order valence-electron chi connectivity index (χ1n) is 9.64. The summed E-state index contributed by atoms with van der Waals surface area (Å²) in [7, 11) is 0. The Bertz CT molecular complexity index is 537. The molecule has 22 heavy (non-hydrogen) atoms. The van der Waals surface area contributed by atoms with Crippen LogP contribution in [-0.2, 0) is 4.79 Å². The monoisotopic (exact) mass is 308 g/mol. The maximum atomic E-state index is 12.0. The Kier molecular flexibility index (Phi) is 2.90. The molecule has 4 saturated carbocycles. The lowest BCUT2D eigenvalue weighted by molar-refractivity contribution is -0.205. The highest BCUT2D eigenvalue weighted by molar-refractivity contribution is 5.80. The quantitative estimate of drug-likeness (QED) is 0.723. The third kappa shape index (κ3) is 1.73. The molecule has 3 unspecified atom stereocenters. The zero-order valence-corrected chi connectivity index (χ0v) is 13.8. The van der Waals surface area contributed by atoms with E-state index in [2.05, 4.69) is 13.8 Å². The average Bonchev–Trinajstić information content (AvgIpc) is 2.79. The number of carbonyl (C=O) groups is 1. The molecule has 4 fully saturated rings. The van der Waals surface area contributed by atoms with Crippen LogP contribution in [0.3, 0.4) is 0 Å². The van der Waals surface area contributed by atoms with E-state index in [4.69, 9.17) is 1.37 Å². The topological polar surface area (TPSA) is 57.5 Å². The van der Waals surface area contributed by atoms with Crippen molar-refractivity contribution >= 4 is 5.78 Å². The molecular weight excluding hydrogens is 276 g/mol. The highest BCUT2D eigenvalue weighted by atomic mass is 16.3. The van der Waals surface area contributed by atoms with E-state index in [9.17, 15) is 15.0 Å². The van der Waals surface area contributed by atoms with E-state index in [0.717, 1.165) is 32.1 Å². The Morgan fingerprint density at radius 1 is 1.14 bits per heavy atom. The fourth-order valence-electron chi connectivity index (χ4n) is 6.73. The second-order valence-corrected chi connectivity index (χ2v) is 9.01. The molecule has 0 aliphatic heterocycles. The second-order valence-electron chi connectivity index (χ2n) is 9.01. The van der Waals surface area contributed by atoms with E-state index in [1.54, 1.807) is 0 Å². The maximum absolute atomic E-state index is 12.0. The van der Waals surface area contributed by atoms with Gasteiger partial charge in [-0.25, -0.2) is 0 Å². The second kappa shape index (κ2) is 4.57. The van der Waals surface area contributed by atoms with E-state index >= 15 is 0 Å². The van der Waals surface area contributed by atoms with Crippen LogP contribution < -0.4 is 0 Å². The molecule has 2 N–H and O–H groups in total. The summed E-state index contributed by atoms with van der Waals surface area (Å²) in [6.07, 6.45) is 5.34. The summed E-state index contributed by atoms with van der Waals surface area (Å²) >= 11 is 0. The van der Waals surface area contributed by atoms with Gasteiger partial charge >= 0.3 is 0 Å². The van der Waals surface area contributed by atoms with E-state index in [1.165, 1.54) is 0 Å². The normalized spacial score (nSPS) is 61.9. The van der Waals surface area contributed by atoms with E-state index < -0.39 is 12.0 Å². The lowest BCUT2D eigenvalue weighted by atomic mass is 9.43. The van der Waals surface area contributed by atoms with Gasteiger partial charge in [0.2, 0.25) is 0 Å². The van der Waals surface area contributed by atoms with Crippen LogP contribution in [0, 0.1) is 28.6 Å². The lowest BCUT2D eigenvalue weighted by Crippen LogP contribution is -2.62. The van der Waals surface area contributed by atoms with Gasteiger partial charge in [0.25, 0.3) is 0 Å². The van der Waals surface area contributed by atoms with Gasteiger partial charge < -0.3 is 10.2 Å². The third-order valence-electron chi connectivity index (χ3n) is 8.31. The summed E-state index contributed by atoms with van der Waals surface area (Å²) in [5.41, 5.74) is -1.46. The van der Waals surface area contributed by atoms with Crippen LogP contribution in [0.15, 0.2) is 0 Å². The molecule has 4 aliphatic rings. The molecule has 0 aromatic carbocycles. The van der Waals surface area contributed by atoms with E-state index in [1.807, 2.05) is 0 Å². The molecule has 124 valence electrons. The zero-order valence-electron chi connectivity index (χ0n) is 14.8. The van der Waals surface area contributed by atoms with E-state index in [-0.39, 0.29) is 29.1 Å². The highest BCUT2D eigenvalue weighted by Gasteiger charge is 2.64. The van der Waals surface area contributed by atoms with Crippen molar-refractivity contribution in [1.82, 2.24) is 0 Å². The Hall–Kier alpha value is -0.410. The van der Waals surface area contributed by atoms with Crippen LogP contribution in [0.25, 0.3) is 0 Å². The minimum absolute atomic E-state index is 0.00279. The fraction of sp³-hybridized carbons (Fsp3) is 0.947. The fourth-order valence-corrected chi connectivity index (χ4v) is 6.73. The van der Waals surface area contributed by atoms with Crippen molar-refractivity contribution in [3.63, 3.8) is 0 Å². The number of hydrogen-bond donors (Lipinski definition) is 2. The molecule has 0 amide bonds. The van der Waals surface area contributed by atoms with Crippen molar-refractivity contribution in [2.24, 2.45) is 28.6 Å². The van der Waals surface area contributed by atoms with Crippen molar-refractivity contribution in [3.8, 4) is 0 Å². The van der Waals surface area contributed by atoms with Crippen LogP contribution >= 0.6 is 0 Å². The number of rotatable bonds is 0. The number of Topliss-reactive ketones (excluding diaryl/α,β-unsaturated/α-hetero) is 1.